The van der Waals surface area contributed by atoms with Gasteiger partial charge in [-0.2, -0.15) is 0 Å². The van der Waals surface area contributed by atoms with E-state index in [-0.39, 0.29) is 11.3 Å². The van der Waals surface area contributed by atoms with Crippen molar-refractivity contribution in [1.29, 1.82) is 0 Å². The Morgan fingerprint density at radius 1 is 1.06 bits per heavy atom. The van der Waals surface area contributed by atoms with Crippen LogP contribution in [0.1, 0.15) is 44.1 Å². The van der Waals surface area contributed by atoms with Crippen LogP contribution in [-0.2, 0) is 16.6 Å². The number of hydrogen-bond donors (Lipinski definition) is 1. The van der Waals surface area contributed by atoms with Crippen molar-refractivity contribution in [3.63, 3.8) is 0 Å². The summed E-state index contributed by atoms with van der Waals surface area (Å²) in [6.45, 7) is 0. The average molecular weight is 265 g/mol. The van der Waals surface area contributed by atoms with E-state index in [4.69, 9.17) is 5.73 Å². The Balaban J connectivity index is 1.97. The van der Waals surface area contributed by atoms with Gasteiger partial charge >= 0.3 is 0 Å². The van der Waals surface area contributed by atoms with E-state index in [1.807, 2.05) is 30.3 Å². The summed E-state index contributed by atoms with van der Waals surface area (Å²) in [5.41, 5.74) is 7.37. The highest BCUT2D eigenvalue weighted by Gasteiger charge is 2.24. The molecule has 1 aromatic carbocycles. The van der Waals surface area contributed by atoms with E-state index in [1.54, 1.807) is 0 Å². The Morgan fingerprint density at radius 2 is 1.72 bits per heavy atom. The van der Waals surface area contributed by atoms with Crippen LogP contribution >= 0.6 is 0 Å². The molecule has 3 unspecified atom stereocenters. The van der Waals surface area contributed by atoms with E-state index < -0.39 is 10.8 Å². The van der Waals surface area contributed by atoms with Crippen molar-refractivity contribution in [1.82, 2.24) is 0 Å². The van der Waals surface area contributed by atoms with Crippen LogP contribution in [0.2, 0.25) is 0 Å². The third-order valence-electron chi connectivity index (χ3n) is 3.74. The van der Waals surface area contributed by atoms with Crippen molar-refractivity contribution in [2.45, 2.75) is 55.6 Å². The molecule has 1 fully saturated rings. The van der Waals surface area contributed by atoms with Gasteiger partial charge in [0.05, 0.1) is 5.25 Å². The third kappa shape index (κ3) is 3.92. The van der Waals surface area contributed by atoms with E-state index in [0.717, 1.165) is 18.4 Å². The quantitative estimate of drug-likeness (QED) is 0.913. The van der Waals surface area contributed by atoms with Crippen LogP contribution in [-0.4, -0.2) is 15.5 Å². The van der Waals surface area contributed by atoms with Crippen LogP contribution in [0.25, 0.3) is 0 Å². The largest absolute Gasteiger partial charge is 0.327 e. The molecule has 0 saturated heterocycles. The predicted molar refractivity (Wildman–Crippen MR) is 77.8 cm³/mol. The van der Waals surface area contributed by atoms with Crippen LogP contribution in [0.5, 0.6) is 0 Å². The van der Waals surface area contributed by atoms with Crippen LogP contribution in [0.15, 0.2) is 30.3 Å². The minimum absolute atomic E-state index is 0.120. The Kier molecular flexibility index (Phi) is 5.39. The fourth-order valence-electron chi connectivity index (χ4n) is 2.65. The molecule has 0 aliphatic heterocycles. The van der Waals surface area contributed by atoms with Gasteiger partial charge < -0.3 is 5.73 Å². The first-order valence-electron chi connectivity index (χ1n) is 6.94. The molecule has 0 amide bonds. The second-order valence-corrected chi connectivity index (χ2v) is 6.86. The molecular formula is C15H23NOS. The lowest BCUT2D eigenvalue weighted by molar-refractivity contribution is 0.456. The number of nitrogens with two attached hydrogens (primary N) is 1. The van der Waals surface area contributed by atoms with Gasteiger partial charge in [-0.25, -0.2) is 0 Å². The first-order valence-corrected chi connectivity index (χ1v) is 8.32. The molecular weight excluding hydrogens is 242 g/mol. The predicted octanol–water partition coefficient (Wildman–Crippen LogP) is 2.99. The summed E-state index contributed by atoms with van der Waals surface area (Å²) < 4.78 is 12.5. The molecule has 3 atom stereocenters. The smallest absolute Gasteiger partial charge is 0.0502 e. The maximum atomic E-state index is 12.5. The zero-order valence-electron chi connectivity index (χ0n) is 10.9. The van der Waals surface area contributed by atoms with Crippen molar-refractivity contribution < 1.29 is 4.21 Å². The Hall–Kier alpha value is -0.670. The summed E-state index contributed by atoms with van der Waals surface area (Å²) in [7, 11) is -0.831. The molecule has 0 bridgehead atoms. The van der Waals surface area contributed by atoms with Crippen molar-refractivity contribution >= 4 is 10.8 Å². The highest BCUT2D eigenvalue weighted by Crippen LogP contribution is 2.22. The van der Waals surface area contributed by atoms with E-state index in [2.05, 4.69) is 0 Å². The lowest BCUT2D eigenvalue weighted by Crippen LogP contribution is -2.39. The Bertz CT molecular complexity index is 379. The van der Waals surface area contributed by atoms with Gasteiger partial charge in [0, 0.05) is 22.6 Å². The molecule has 1 aliphatic carbocycles. The van der Waals surface area contributed by atoms with Gasteiger partial charge in [-0.1, -0.05) is 56.0 Å². The molecule has 0 aromatic heterocycles. The van der Waals surface area contributed by atoms with Gasteiger partial charge in [0.2, 0.25) is 0 Å². The van der Waals surface area contributed by atoms with E-state index in [9.17, 15) is 4.21 Å². The lowest BCUT2D eigenvalue weighted by atomic mass is 9.97. The molecule has 1 aliphatic rings. The normalized spacial score (nSPS) is 27.2. The fourth-order valence-corrected chi connectivity index (χ4v) is 4.34. The molecule has 1 saturated carbocycles. The average Bonchev–Trinajstić information content (AvgIpc) is 2.35. The van der Waals surface area contributed by atoms with Crippen molar-refractivity contribution in [2.24, 2.45) is 5.73 Å². The highest BCUT2D eigenvalue weighted by molar-refractivity contribution is 7.84. The van der Waals surface area contributed by atoms with Gasteiger partial charge in [0.25, 0.3) is 0 Å². The second-order valence-electron chi connectivity index (χ2n) is 5.20. The van der Waals surface area contributed by atoms with E-state index in [0.29, 0.717) is 5.75 Å². The lowest BCUT2D eigenvalue weighted by Gasteiger charge is -2.25. The van der Waals surface area contributed by atoms with Crippen LogP contribution in [0, 0.1) is 0 Å². The zero-order chi connectivity index (χ0) is 12.8. The molecule has 1 aromatic rings. The van der Waals surface area contributed by atoms with Gasteiger partial charge in [0.15, 0.2) is 0 Å². The Morgan fingerprint density at radius 3 is 2.44 bits per heavy atom. The molecule has 100 valence electrons. The molecule has 18 heavy (non-hydrogen) atoms. The maximum absolute atomic E-state index is 12.5. The number of rotatable bonds is 3. The SMILES string of the molecule is NC1CCCCCCC1S(=O)Cc1ccccc1. The van der Waals surface area contributed by atoms with Gasteiger partial charge in [-0.15, -0.1) is 0 Å². The molecule has 0 heterocycles. The monoisotopic (exact) mass is 265 g/mol. The molecule has 2 N–H and O–H groups in total. The van der Waals surface area contributed by atoms with Crippen molar-refractivity contribution in [2.75, 3.05) is 0 Å². The number of hydrogen-bond acceptors (Lipinski definition) is 2. The maximum Gasteiger partial charge on any atom is 0.0502 e. The minimum atomic E-state index is -0.831. The number of benzene rings is 1. The summed E-state index contributed by atoms with van der Waals surface area (Å²) >= 11 is 0. The topological polar surface area (TPSA) is 43.1 Å². The summed E-state index contributed by atoms with van der Waals surface area (Å²) in [4.78, 5) is 0. The van der Waals surface area contributed by atoms with Crippen LogP contribution in [0.4, 0.5) is 0 Å². The molecule has 3 heteroatoms. The van der Waals surface area contributed by atoms with E-state index in [1.165, 1.54) is 25.7 Å². The first-order chi connectivity index (χ1) is 8.77. The second kappa shape index (κ2) is 7.05. The van der Waals surface area contributed by atoms with E-state index >= 15 is 0 Å². The molecule has 2 rings (SSSR count). The summed E-state index contributed by atoms with van der Waals surface area (Å²) in [6, 6.07) is 10.2. The summed E-state index contributed by atoms with van der Waals surface area (Å²) in [5.74, 6) is 0.652. The molecule has 2 nitrogen and oxygen atoms in total. The van der Waals surface area contributed by atoms with Crippen molar-refractivity contribution in [3.05, 3.63) is 35.9 Å². The Labute approximate surface area is 112 Å². The van der Waals surface area contributed by atoms with Crippen LogP contribution < -0.4 is 5.73 Å². The summed E-state index contributed by atoms with van der Waals surface area (Å²) in [6.07, 6.45) is 6.99. The molecule has 0 spiro atoms. The third-order valence-corrected chi connectivity index (χ3v) is 5.62. The standard InChI is InChI=1S/C15H23NOS/c16-14-10-6-1-2-7-11-15(14)18(17)12-13-8-4-3-5-9-13/h3-5,8-9,14-15H,1-2,6-7,10-12,16H2. The van der Waals surface area contributed by atoms with Crippen molar-refractivity contribution in [3.8, 4) is 0 Å². The van der Waals surface area contributed by atoms with Gasteiger partial charge in [-0.3, -0.25) is 4.21 Å². The first kappa shape index (κ1) is 13.8. The van der Waals surface area contributed by atoms with Gasteiger partial charge in [-0.05, 0) is 18.4 Å². The molecule has 0 radical (unpaired) electrons. The zero-order valence-corrected chi connectivity index (χ0v) is 11.7. The fraction of sp³-hybridized carbons (Fsp3) is 0.600. The van der Waals surface area contributed by atoms with Gasteiger partial charge in [0.1, 0.15) is 0 Å². The van der Waals surface area contributed by atoms with Crippen LogP contribution in [0.3, 0.4) is 0 Å². The highest BCUT2D eigenvalue weighted by atomic mass is 32.2. The minimum Gasteiger partial charge on any atom is -0.327 e. The summed E-state index contributed by atoms with van der Waals surface area (Å²) in [5, 5.41) is 0.186.